The number of rotatable bonds is 7. The fourth-order valence-corrected chi connectivity index (χ4v) is 1.21. The van der Waals surface area contributed by atoms with Gasteiger partial charge in [0.15, 0.2) is 0 Å². The molecule has 0 aliphatic rings. The van der Waals surface area contributed by atoms with Crippen LogP contribution in [-0.2, 0) is 4.79 Å². The Bertz CT molecular complexity index is 205. The second kappa shape index (κ2) is 7.63. The van der Waals surface area contributed by atoms with Gasteiger partial charge >= 0.3 is 0 Å². The average Bonchev–Trinajstić information content (AvgIpc) is 2.17. The molecule has 1 unspecified atom stereocenters. The Balaban J connectivity index is 3.88. The first-order valence-corrected chi connectivity index (χ1v) is 6.02. The molecular formula is C12H26N2O2. The van der Waals surface area contributed by atoms with E-state index < -0.39 is 0 Å². The van der Waals surface area contributed by atoms with Crippen LogP contribution in [0.5, 0.6) is 0 Å². The Morgan fingerprint density at radius 3 is 2.06 bits per heavy atom. The van der Waals surface area contributed by atoms with Gasteiger partial charge in [0.05, 0.1) is 13.2 Å². The third-order valence-electron chi connectivity index (χ3n) is 2.91. The third kappa shape index (κ3) is 6.08. The van der Waals surface area contributed by atoms with E-state index >= 15 is 0 Å². The van der Waals surface area contributed by atoms with Crippen LogP contribution in [-0.4, -0.2) is 36.2 Å². The van der Waals surface area contributed by atoms with Gasteiger partial charge in [0.1, 0.15) is 0 Å². The van der Waals surface area contributed by atoms with Gasteiger partial charge in [0.25, 0.3) is 0 Å². The third-order valence-corrected chi connectivity index (χ3v) is 2.91. The number of aliphatic hydroxyl groups is 1. The van der Waals surface area contributed by atoms with E-state index in [9.17, 15) is 4.79 Å². The van der Waals surface area contributed by atoms with Gasteiger partial charge in [-0.25, -0.2) is 0 Å². The van der Waals surface area contributed by atoms with Crippen molar-refractivity contribution in [3.8, 4) is 0 Å². The summed E-state index contributed by atoms with van der Waals surface area (Å²) in [6.07, 6.45) is 0. The minimum Gasteiger partial charge on any atom is -0.395 e. The Hall–Kier alpha value is -0.610. The Kier molecular flexibility index (Phi) is 7.34. The number of aliphatic hydroxyl groups excluding tert-OH is 1. The molecule has 16 heavy (non-hydrogen) atoms. The second-order valence-electron chi connectivity index (χ2n) is 5.01. The molecule has 0 radical (unpaired) electrons. The van der Waals surface area contributed by atoms with Gasteiger partial charge < -0.3 is 15.7 Å². The standard InChI is InChI=1S/C12H26N2O2/c1-8(2)10(5)14-12(16)6-13-11(7-15)9(3)4/h8-11,13,15H,6-7H2,1-5H3,(H,14,16)/t10?,11-/m1/s1. The highest BCUT2D eigenvalue weighted by atomic mass is 16.3. The van der Waals surface area contributed by atoms with Crippen molar-refractivity contribution in [2.24, 2.45) is 11.8 Å². The van der Waals surface area contributed by atoms with Crippen molar-refractivity contribution < 1.29 is 9.90 Å². The minimum atomic E-state index is -0.0138. The lowest BCUT2D eigenvalue weighted by Crippen LogP contribution is -2.46. The topological polar surface area (TPSA) is 61.4 Å². The van der Waals surface area contributed by atoms with Gasteiger partial charge in [0, 0.05) is 12.1 Å². The fraction of sp³-hybridized carbons (Fsp3) is 0.917. The molecule has 0 fully saturated rings. The minimum absolute atomic E-state index is 0.0136. The molecule has 4 nitrogen and oxygen atoms in total. The molecule has 0 aliphatic carbocycles. The van der Waals surface area contributed by atoms with E-state index in [-0.39, 0.29) is 31.1 Å². The van der Waals surface area contributed by atoms with E-state index in [0.717, 1.165) is 0 Å². The fourth-order valence-electron chi connectivity index (χ4n) is 1.21. The lowest BCUT2D eigenvalue weighted by atomic mass is 10.1. The summed E-state index contributed by atoms with van der Waals surface area (Å²) in [5.41, 5.74) is 0. The van der Waals surface area contributed by atoms with Gasteiger partial charge in [-0.3, -0.25) is 4.79 Å². The maximum Gasteiger partial charge on any atom is 0.234 e. The molecule has 0 saturated heterocycles. The van der Waals surface area contributed by atoms with Crippen LogP contribution < -0.4 is 10.6 Å². The molecule has 0 aromatic rings. The van der Waals surface area contributed by atoms with Crippen molar-refractivity contribution in [3.05, 3.63) is 0 Å². The number of hydrogen-bond acceptors (Lipinski definition) is 3. The number of nitrogens with one attached hydrogen (secondary N) is 2. The van der Waals surface area contributed by atoms with E-state index in [2.05, 4.69) is 24.5 Å². The van der Waals surface area contributed by atoms with E-state index in [4.69, 9.17) is 5.11 Å². The highest BCUT2D eigenvalue weighted by Crippen LogP contribution is 2.01. The summed E-state index contributed by atoms with van der Waals surface area (Å²) in [6.45, 7) is 10.5. The summed E-state index contributed by atoms with van der Waals surface area (Å²) in [5.74, 6) is 0.739. The quantitative estimate of drug-likeness (QED) is 0.605. The predicted molar refractivity (Wildman–Crippen MR) is 66.2 cm³/mol. The Labute approximate surface area is 98.8 Å². The van der Waals surface area contributed by atoms with Crippen molar-refractivity contribution in [1.29, 1.82) is 0 Å². The first-order valence-electron chi connectivity index (χ1n) is 6.02. The van der Waals surface area contributed by atoms with Gasteiger partial charge in [0.2, 0.25) is 5.91 Å². The second-order valence-corrected chi connectivity index (χ2v) is 5.01. The molecular weight excluding hydrogens is 204 g/mol. The lowest BCUT2D eigenvalue weighted by molar-refractivity contribution is -0.121. The SMILES string of the molecule is CC(C)C(C)NC(=O)CN[C@H](CO)C(C)C. The van der Waals surface area contributed by atoms with Gasteiger partial charge in [-0.2, -0.15) is 0 Å². The summed E-state index contributed by atoms with van der Waals surface area (Å²) in [7, 11) is 0. The molecule has 2 atom stereocenters. The molecule has 0 saturated carbocycles. The summed E-state index contributed by atoms with van der Waals surface area (Å²) < 4.78 is 0. The zero-order valence-electron chi connectivity index (χ0n) is 11.1. The maximum absolute atomic E-state index is 11.5. The van der Waals surface area contributed by atoms with E-state index in [1.165, 1.54) is 0 Å². The molecule has 0 heterocycles. The highest BCUT2D eigenvalue weighted by Gasteiger charge is 2.14. The molecule has 0 rings (SSSR count). The molecule has 4 heteroatoms. The van der Waals surface area contributed by atoms with Gasteiger partial charge in [-0.05, 0) is 18.8 Å². The van der Waals surface area contributed by atoms with Crippen LogP contribution in [0.4, 0.5) is 0 Å². The zero-order valence-corrected chi connectivity index (χ0v) is 11.1. The monoisotopic (exact) mass is 230 g/mol. The summed E-state index contributed by atoms with van der Waals surface area (Å²) >= 11 is 0. The van der Waals surface area contributed by atoms with Crippen molar-refractivity contribution in [1.82, 2.24) is 10.6 Å². The number of amides is 1. The largest absolute Gasteiger partial charge is 0.395 e. The van der Waals surface area contributed by atoms with Crippen LogP contribution in [0.25, 0.3) is 0 Å². The van der Waals surface area contributed by atoms with Crippen LogP contribution in [0.3, 0.4) is 0 Å². The van der Waals surface area contributed by atoms with E-state index in [1.54, 1.807) is 0 Å². The van der Waals surface area contributed by atoms with Crippen molar-refractivity contribution >= 4 is 5.91 Å². The van der Waals surface area contributed by atoms with Crippen molar-refractivity contribution in [2.45, 2.75) is 46.7 Å². The predicted octanol–water partition coefficient (Wildman–Crippen LogP) is 0.754. The molecule has 1 amide bonds. The average molecular weight is 230 g/mol. The van der Waals surface area contributed by atoms with Gasteiger partial charge in [-0.1, -0.05) is 27.7 Å². The van der Waals surface area contributed by atoms with Gasteiger partial charge in [-0.15, -0.1) is 0 Å². The molecule has 0 spiro atoms. The molecule has 0 aromatic heterocycles. The normalized spacial score (nSPS) is 15.2. The zero-order chi connectivity index (χ0) is 12.7. The summed E-state index contributed by atoms with van der Waals surface area (Å²) in [5, 5.41) is 15.1. The Morgan fingerprint density at radius 1 is 1.12 bits per heavy atom. The molecule has 0 bridgehead atoms. The van der Waals surface area contributed by atoms with E-state index in [0.29, 0.717) is 11.8 Å². The molecule has 96 valence electrons. The summed E-state index contributed by atoms with van der Waals surface area (Å²) in [6, 6.07) is 0.168. The van der Waals surface area contributed by atoms with Crippen LogP contribution in [0.15, 0.2) is 0 Å². The number of carbonyl (C=O) groups excluding carboxylic acids is 1. The van der Waals surface area contributed by atoms with Crippen LogP contribution >= 0.6 is 0 Å². The first kappa shape index (κ1) is 15.4. The van der Waals surface area contributed by atoms with E-state index in [1.807, 2.05) is 20.8 Å². The van der Waals surface area contributed by atoms with Crippen LogP contribution in [0.1, 0.15) is 34.6 Å². The summed E-state index contributed by atoms with van der Waals surface area (Å²) in [4.78, 5) is 11.5. The van der Waals surface area contributed by atoms with Crippen LogP contribution in [0, 0.1) is 11.8 Å². The maximum atomic E-state index is 11.5. The lowest BCUT2D eigenvalue weighted by Gasteiger charge is -2.21. The van der Waals surface area contributed by atoms with Crippen LogP contribution in [0.2, 0.25) is 0 Å². The highest BCUT2D eigenvalue weighted by molar-refractivity contribution is 5.78. The Morgan fingerprint density at radius 2 is 1.69 bits per heavy atom. The number of carbonyl (C=O) groups is 1. The van der Waals surface area contributed by atoms with Crippen molar-refractivity contribution in [2.75, 3.05) is 13.2 Å². The first-order chi connectivity index (χ1) is 7.38. The van der Waals surface area contributed by atoms with Crippen molar-refractivity contribution in [3.63, 3.8) is 0 Å². The molecule has 0 aliphatic heterocycles. The smallest absolute Gasteiger partial charge is 0.234 e. The molecule has 0 aromatic carbocycles. The number of hydrogen-bond donors (Lipinski definition) is 3. The molecule has 3 N–H and O–H groups in total.